The molecule has 0 spiro atoms. The van der Waals surface area contributed by atoms with Crippen LogP contribution in [0.5, 0.6) is 0 Å². The Kier molecular flexibility index (Phi) is 3.60. The summed E-state index contributed by atoms with van der Waals surface area (Å²) in [7, 11) is 0. The molecule has 0 bridgehead atoms. The van der Waals surface area contributed by atoms with Crippen LogP contribution in [0.3, 0.4) is 0 Å². The van der Waals surface area contributed by atoms with Gasteiger partial charge in [0.05, 0.1) is 25.4 Å². The minimum absolute atomic E-state index is 0.0360. The van der Waals surface area contributed by atoms with Crippen molar-refractivity contribution in [1.82, 2.24) is 0 Å². The fourth-order valence-corrected chi connectivity index (χ4v) is 3.40. The molecule has 0 radical (unpaired) electrons. The zero-order valence-corrected chi connectivity index (χ0v) is 11.1. The Bertz CT molecular complexity index is 217. The van der Waals surface area contributed by atoms with Crippen LogP contribution in [0.25, 0.3) is 0 Å². The van der Waals surface area contributed by atoms with Crippen molar-refractivity contribution in [3.8, 4) is 0 Å². The van der Waals surface area contributed by atoms with Gasteiger partial charge in [-0.05, 0) is 24.2 Å². The minimum Gasteiger partial charge on any atom is -0.376 e. The van der Waals surface area contributed by atoms with Gasteiger partial charge in [-0.15, -0.1) is 0 Å². The van der Waals surface area contributed by atoms with Gasteiger partial charge in [0, 0.05) is 0 Å². The first-order valence-electron chi connectivity index (χ1n) is 6.78. The fourth-order valence-electron chi connectivity index (χ4n) is 3.40. The lowest BCUT2D eigenvalue weighted by molar-refractivity contribution is -0.234. The molecule has 1 aliphatic carbocycles. The molecular weight excluding hydrogens is 200 g/mol. The van der Waals surface area contributed by atoms with Gasteiger partial charge < -0.3 is 9.47 Å². The molecular formula is C14H26O2. The molecule has 1 saturated carbocycles. The topological polar surface area (TPSA) is 18.5 Å². The van der Waals surface area contributed by atoms with Gasteiger partial charge in [0.1, 0.15) is 0 Å². The Hall–Kier alpha value is -0.0800. The second-order valence-corrected chi connectivity index (χ2v) is 6.38. The zero-order valence-electron chi connectivity index (χ0n) is 11.1. The molecule has 1 atom stereocenters. The van der Waals surface area contributed by atoms with E-state index in [4.69, 9.17) is 9.47 Å². The van der Waals surface area contributed by atoms with E-state index < -0.39 is 0 Å². The fraction of sp³-hybridized carbons (Fsp3) is 1.00. The van der Waals surface area contributed by atoms with E-state index in [1.165, 1.54) is 32.1 Å². The molecule has 2 aliphatic rings. The summed E-state index contributed by atoms with van der Waals surface area (Å²) in [5.41, 5.74) is 0.140. The summed E-state index contributed by atoms with van der Waals surface area (Å²) < 4.78 is 12.0. The predicted molar refractivity (Wildman–Crippen MR) is 65.5 cm³/mol. The van der Waals surface area contributed by atoms with Gasteiger partial charge >= 0.3 is 0 Å². The quantitative estimate of drug-likeness (QED) is 0.682. The van der Waals surface area contributed by atoms with Crippen LogP contribution in [-0.4, -0.2) is 25.4 Å². The van der Waals surface area contributed by atoms with Gasteiger partial charge in [-0.25, -0.2) is 0 Å². The molecule has 0 aromatic carbocycles. The van der Waals surface area contributed by atoms with Crippen molar-refractivity contribution in [2.24, 2.45) is 11.3 Å². The minimum atomic E-state index is -0.0360. The van der Waals surface area contributed by atoms with E-state index in [-0.39, 0.29) is 11.0 Å². The van der Waals surface area contributed by atoms with Gasteiger partial charge in [-0.1, -0.05) is 40.0 Å². The molecule has 2 heteroatoms. The third-order valence-electron chi connectivity index (χ3n) is 4.44. The van der Waals surface area contributed by atoms with Crippen LogP contribution in [0.2, 0.25) is 0 Å². The molecule has 94 valence electrons. The van der Waals surface area contributed by atoms with Crippen molar-refractivity contribution >= 4 is 0 Å². The van der Waals surface area contributed by atoms with Gasteiger partial charge in [-0.2, -0.15) is 0 Å². The molecule has 1 saturated heterocycles. The smallest absolute Gasteiger partial charge is 0.0991 e. The van der Waals surface area contributed by atoms with E-state index in [1.807, 2.05) is 0 Å². The van der Waals surface area contributed by atoms with Crippen LogP contribution in [0, 0.1) is 11.3 Å². The van der Waals surface area contributed by atoms with E-state index in [1.54, 1.807) is 0 Å². The average Bonchev–Trinajstić information content (AvgIpc) is 2.30. The highest BCUT2D eigenvalue weighted by Gasteiger charge is 2.50. The maximum atomic E-state index is 6.24. The van der Waals surface area contributed by atoms with Gasteiger partial charge in [0.15, 0.2) is 0 Å². The lowest BCUT2D eigenvalue weighted by Gasteiger charge is -2.52. The Labute approximate surface area is 99.7 Å². The van der Waals surface area contributed by atoms with Crippen LogP contribution in [0.1, 0.15) is 52.9 Å². The van der Waals surface area contributed by atoms with Gasteiger partial charge in [-0.3, -0.25) is 0 Å². The van der Waals surface area contributed by atoms with E-state index in [0.717, 1.165) is 19.8 Å². The monoisotopic (exact) mass is 226 g/mol. The summed E-state index contributed by atoms with van der Waals surface area (Å²) in [6.07, 6.45) is 6.77. The lowest BCUT2D eigenvalue weighted by Crippen LogP contribution is -2.58. The third-order valence-corrected chi connectivity index (χ3v) is 4.44. The highest BCUT2D eigenvalue weighted by Crippen LogP contribution is 2.47. The molecule has 0 N–H and O–H groups in total. The molecule has 0 aromatic rings. The van der Waals surface area contributed by atoms with Gasteiger partial charge in [0.2, 0.25) is 0 Å². The summed E-state index contributed by atoms with van der Waals surface area (Å²) in [5.74, 6) is 0.696. The number of hydrogen-bond donors (Lipinski definition) is 0. The third kappa shape index (κ3) is 2.14. The summed E-state index contributed by atoms with van der Waals surface area (Å²) in [6.45, 7) is 9.24. The van der Waals surface area contributed by atoms with Crippen LogP contribution in [0.4, 0.5) is 0 Å². The molecule has 0 amide bonds. The molecule has 2 rings (SSSR count). The summed E-state index contributed by atoms with van der Waals surface area (Å²) >= 11 is 0. The predicted octanol–water partition coefficient (Wildman–Crippen LogP) is 3.40. The SMILES string of the molecule is CC(C)(C)C1(C2CCCCC2)COCCO1. The van der Waals surface area contributed by atoms with Crippen molar-refractivity contribution in [2.75, 3.05) is 19.8 Å². The molecule has 0 aromatic heterocycles. The second kappa shape index (κ2) is 4.66. The van der Waals surface area contributed by atoms with Crippen LogP contribution >= 0.6 is 0 Å². The number of ether oxygens (including phenoxy) is 2. The van der Waals surface area contributed by atoms with Crippen molar-refractivity contribution in [2.45, 2.75) is 58.5 Å². The Morgan fingerprint density at radius 3 is 2.19 bits per heavy atom. The number of rotatable bonds is 1. The van der Waals surface area contributed by atoms with Crippen molar-refractivity contribution in [1.29, 1.82) is 0 Å². The largest absolute Gasteiger partial charge is 0.376 e. The van der Waals surface area contributed by atoms with Crippen molar-refractivity contribution < 1.29 is 9.47 Å². The molecule has 16 heavy (non-hydrogen) atoms. The average molecular weight is 226 g/mol. The first-order valence-corrected chi connectivity index (χ1v) is 6.78. The van der Waals surface area contributed by atoms with E-state index in [2.05, 4.69) is 20.8 Å². The lowest BCUT2D eigenvalue weighted by atomic mass is 9.64. The molecule has 1 aliphatic heterocycles. The Morgan fingerprint density at radius 2 is 1.69 bits per heavy atom. The summed E-state index contributed by atoms with van der Waals surface area (Å²) in [4.78, 5) is 0. The van der Waals surface area contributed by atoms with Crippen molar-refractivity contribution in [3.63, 3.8) is 0 Å². The standard InChI is InChI=1S/C14H26O2/c1-13(2,3)14(11-15-9-10-16-14)12-7-5-4-6-8-12/h12H,4-11H2,1-3H3. The van der Waals surface area contributed by atoms with E-state index in [9.17, 15) is 0 Å². The highest BCUT2D eigenvalue weighted by atomic mass is 16.6. The Morgan fingerprint density at radius 1 is 1.00 bits per heavy atom. The number of hydrogen-bond acceptors (Lipinski definition) is 2. The first-order chi connectivity index (χ1) is 7.56. The van der Waals surface area contributed by atoms with Crippen molar-refractivity contribution in [3.05, 3.63) is 0 Å². The van der Waals surface area contributed by atoms with E-state index in [0.29, 0.717) is 5.92 Å². The van der Waals surface area contributed by atoms with Crippen LogP contribution in [-0.2, 0) is 9.47 Å². The highest BCUT2D eigenvalue weighted by molar-refractivity contribution is 4.99. The van der Waals surface area contributed by atoms with Gasteiger partial charge in [0.25, 0.3) is 0 Å². The van der Waals surface area contributed by atoms with Crippen LogP contribution in [0.15, 0.2) is 0 Å². The molecule has 2 nitrogen and oxygen atoms in total. The molecule has 2 fully saturated rings. The zero-order chi connectivity index (χ0) is 11.6. The first kappa shape index (κ1) is 12.4. The summed E-state index contributed by atoms with van der Waals surface area (Å²) in [5, 5.41) is 0. The van der Waals surface area contributed by atoms with Crippen LogP contribution < -0.4 is 0 Å². The Balaban J connectivity index is 2.18. The normalized spacial score (nSPS) is 33.9. The van der Waals surface area contributed by atoms with E-state index >= 15 is 0 Å². The molecule has 1 heterocycles. The maximum absolute atomic E-state index is 6.24. The summed E-state index contributed by atoms with van der Waals surface area (Å²) in [6, 6.07) is 0. The molecule has 1 unspecified atom stereocenters. The maximum Gasteiger partial charge on any atom is 0.0991 e. The second-order valence-electron chi connectivity index (χ2n) is 6.38.